The second-order valence-corrected chi connectivity index (χ2v) is 8.38. The Hall–Kier alpha value is -2.71. The van der Waals surface area contributed by atoms with Gasteiger partial charge in [0.25, 0.3) is 0 Å². The molecular formula is C21H27ClN5O3+. The van der Waals surface area contributed by atoms with Crippen molar-refractivity contribution in [1.82, 2.24) is 14.9 Å². The monoisotopic (exact) mass is 432 g/mol. The lowest BCUT2D eigenvalue weighted by Gasteiger charge is -2.32. The fourth-order valence-corrected chi connectivity index (χ4v) is 3.16. The molecule has 0 spiro atoms. The molecule has 8 nitrogen and oxygen atoms in total. The summed E-state index contributed by atoms with van der Waals surface area (Å²) in [6, 6.07) is 5.40. The average molecular weight is 433 g/mol. The summed E-state index contributed by atoms with van der Waals surface area (Å²) >= 11 is 5.97. The maximum Gasteiger partial charge on any atom is 0.410 e. The summed E-state index contributed by atoms with van der Waals surface area (Å²) in [7, 11) is 0. The van der Waals surface area contributed by atoms with Gasteiger partial charge in [-0.1, -0.05) is 11.6 Å². The minimum absolute atomic E-state index is 0.156. The summed E-state index contributed by atoms with van der Waals surface area (Å²) in [5.74, 6) is 0. The molecule has 0 bridgehead atoms. The number of hydrogen-bond acceptors (Lipinski definition) is 6. The number of allylic oxidation sites excluding steroid dienone is 1. The number of nitrogens with two attached hydrogens (primary N) is 1. The smallest absolute Gasteiger partial charge is 0.410 e. The average Bonchev–Trinajstić information content (AvgIpc) is 2.69. The standard InChI is InChI=1S/C21H26ClN5O3/c1-21(2,3)30-20(28)27-6-7-29-16(13-27)12-24-10-15(9-23)14-8-18-17(25-11-14)4-5-19(22)26-18/h4-5,8-11,16H,6-7,12-13,23H2,1-3H3/p+1. The van der Waals surface area contributed by atoms with E-state index in [2.05, 4.69) is 15.0 Å². The number of rotatable bonds is 4. The number of ether oxygens (including phenoxy) is 2. The first-order chi connectivity index (χ1) is 14.2. The van der Waals surface area contributed by atoms with Gasteiger partial charge in [0.1, 0.15) is 16.9 Å². The van der Waals surface area contributed by atoms with E-state index in [1.807, 2.05) is 32.9 Å². The molecule has 1 atom stereocenters. The molecule has 0 aliphatic carbocycles. The Kier molecular flexibility index (Phi) is 6.89. The van der Waals surface area contributed by atoms with Gasteiger partial charge in [-0.3, -0.25) is 4.98 Å². The van der Waals surface area contributed by atoms with Crippen LogP contribution in [0.1, 0.15) is 26.3 Å². The molecule has 1 aliphatic rings. The summed E-state index contributed by atoms with van der Waals surface area (Å²) < 4.78 is 11.2. The third-order valence-corrected chi connectivity index (χ3v) is 4.62. The number of pyridine rings is 2. The summed E-state index contributed by atoms with van der Waals surface area (Å²) in [5, 5.41) is 0.408. The summed E-state index contributed by atoms with van der Waals surface area (Å²) in [6.45, 7) is 7.51. The van der Waals surface area contributed by atoms with Crippen molar-refractivity contribution in [1.29, 1.82) is 0 Å². The van der Waals surface area contributed by atoms with Crippen molar-refractivity contribution < 1.29 is 19.3 Å². The van der Waals surface area contributed by atoms with Crippen molar-refractivity contribution in [3.63, 3.8) is 0 Å². The largest absolute Gasteiger partial charge is 0.444 e. The first-order valence-electron chi connectivity index (χ1n) is 9.76. The van der Waals surface area contributed by atoms with Crippen LogP contribution in [0.3, 0.4) is 0 Å². The van der Waals surface area contributed by atoms with Gasteiger partial charge in [0.15, 0.2) is 12.8 Å². The number of hydrogen-bond donors (Lipinski definition) is 2. The zero-order valence-electron chi connectivity index (χ0n) is 17.4. The fraction of sp³-hybridized carbons (Fsp3) is 0.429. The van der Waals surface area contributed by atoms with Crippen molar-refractivity contribution in [3.05, 3.63) is 41.3 Å². The Morgan fingerprint density at radius 1 is 1.43 bits per heavy atom. The summed E-state index contributed by atoms with van der Waals surface area (Å²) in [6.07, 6.45) is 4.54. The van der Waals surface area contributed by atoms with E-state index in [0.717, 1.165) is 16.7 Å². The van der Waals surface area contributed by atoms with E-state index in [-0.39, 0.29) is 12.2 Å². The van der Waals surface area contributed by atoms with Gasteiger partial charge in [0, 0.05) is 24.5 Å². The minimum Gasteiger partial charge on any atom is -0.444 e. The quantitative estimate of drug-likeness (QED) is 0.558. The highest BCUT2D eigenvalue weighted by molar-refractivity contribution is 6.29. The number of aromatic nitrogens is 2. The Morgan fingerprint density at radius 3 is 2.97 bits per heavy atom. The molecule has 0 saturated carbocycles. The van der Waals surface area contributed by atoms with Crippen molar-refractivity contribution >= 4 is 40.5 Å². The number of carbonyl (C=O) groups excluding carboxylic acids is 1. The molecule has 2 aromatic rings. The molecule has 3 N–H and O–H groups in total. The highest BCUT2D eigenvalue weighted by Crippen LogP contribution is 2.18. The van der Waals surface area contributed by atoms with Crippen LogP contribution in [0.4, 0.5) is 4.79 Å². The molecule has 1 amide bonds. The van der Waals surface area contributed by atoms with E-state index < -0.39 is 5.60 Å². The maximum absolute atomic E-state index is 12.3. The highest BCUT2D eigenvalue weighted by Gasteiger charge is 2.29. The van der Waals surface area contributed by atoms with Gasteiger partial charge in [-0.05, 0) is 39.0 Å². The number of nitrogens with one attached hydrogen (secondary N) is 1. The number of carbonyl (C=O) groups is 1. The van der Waals surface area contributed by atoms with Gasteiger partial charge in [0.05, 0.1) is 29.8 Å². The summed E-state index contributed by atoms with van der Waals surface area (Å²) in [4.78, 5) is 25.9. The van der Waals surface area contributed by atoms with Crippen LogP contribution in [-0.2, 0) is 9.47 Å². The number of morpholine rings is 1. The molecular weight excluding hydrogens is 406 g/mol. The molecule has 9 heteroatoms. The maximum atomic E-state index is 12.3. The van der Waals surface area contributed by atoms with Gasteiger partial charge in [-0.25, -0.2) is 14.8 Å². The lowest BCUT2D eigenvalue weighted by atomic mass is 10.1. The Balaban J connectivity index is 1.63. The molecule has 1 unspecified atom stereocenters. The third-order valence-electron chi connectivity index (χ3n) is 4.41. The highest BCUT2D eigenvalue weighted by atomic mass is 35.5. The van der Waals surface area contributed by atoms with E-state index in [0.29, 0.717) is 36.9 Å². The van der Waals surface area contributed by atoms with Crippen LogP contribution in [0.2, 0.25) is 5.15 Å². The van der Waals surface area contributed by atoms with Crippen LogP contribution in [0.25, 0.3) is 16.6 Å². The molecule has 2 aromatic heterocycles. The van der Waals surface area contributed by atoms with E-state index in [9.17, 15) is 4.79 Å². The molecule has 0 aromatic carbocycles. The molecule has 1 aliphatic heterocycles. The van der Waals surface area contributed by atoms with Crippen LogP contribution < -0.4 is 10.7 Å². The number of amides is 1. The lowest BCUT2D eigenvalue weighted by molar-refractivity contribution is -0.465. The fourth-order valence-electron chi connectivity index (χ4n) is 3.00. The van der Waals surface area contributed by atoms with Crippen molar-refractivity contribution in [2.24, 2.45) is 5.73 Å². The Labute approximate surface area is 180 Å². The first kappa shape index (κ1) is 22.0. The second-order valence-electron chi connectivity index (χ2n) is 7.99. The second kappa shape index (κ2) is 9.40. The lowest BCUT2D eigenvalue weighted by Crippen LogP contribution is -2.74. The topological polar surface area (TPSA) is 105 Å². The molecule has 0 radical (unpaired) electrons. The third kappa shape index (κ3) is 5.90. The predicted octanol–water partition coefficient (Wildman–Crippen LogP) is 1.37. The zero-order chi connectivity index (χ0) is 21.7. The van der Waals surface area contributed by atoms with Gasteiger partial charge >= 0.3 is 6.09 Å². The van der Waals surface area contributed by atoms with Gasteiger partial charge in [-0.2, -0.15) is 0 Å². The van der Waals surface area contributed by atoms with Crippen LogP contribution in [0, 0.1) is 0 Å². The Bertz CT molecular complexity index is 971. The minimum atomic E-state index is -0.523. The summed E-state index contributed by atoms with van der Waals surface area (Å²) in [5.41, 5.74) is 8.30. The van der Waals surface area contributed by atoms with Crippen LogP contribution >= 0.6 is 11.6 Å². The van der Waals surface area contributed by atoms with Crippen LogP contribution in [-0.4, -0.2) is 65.1 Å². The van der Waals surface area contributed by atoms with E-state index in [1.165, 1.54) is 6.20 Å². The zero-order valence-corrected chi connectivity index (χ0v) is 18.1. The molecule has 1 saturated heterocycles. The van der Waals surface area contributed by atoms with E-state index >= 15 is 0 Å². The van der Waals surface area contributed by atoms with Crippen molar-refractivity contribution in [3.8, 4) is 0 Å². The first-order valence-corrected chi connectivity index (χ1v) is 10.1. The van der Waals surface area contributed by atoms with E-state index in [1.54, 1.807) is 23.4 Å². The molecule has 160 valence electrons. The Morgan fingerprint density at radius 2 is 2.23 bits per heavy atom. The van der Waals surface area contributed by atoms with Crippen LogP contribution in [0.15, 0.2) is 30.6 Å². The van der Waals surface area contributed by atoms with Crippen LogP contribution in [0.5, 0.6) is 0 Å². The SMILES string of the molecule is CC(C)(C)OC(=O)N1CCOC(C[NH+]=CC(=CN)c2cnc3ccc(Cl)nc3c2)C1. The molecule has 3 heterocycles. The number of nitrogens with zero attached hydrogens (tertiary/aromatic N) is 3. The molecule has 3 rings (SSSR count). The van der Waals surface area contributed by atoms with Crippen molar-refractivity contribution in [2.45, 2.75) is 32.5 Å². The molecule has 30 heavy (non-hydrogen) atoms. The number of halogens is 1. The van der Waals surface area contributed by atoms with Gasteiger partial charge in [-0.15, -0.1) is 0 Å². The normalized spacial score (nSPS) is 18.2. The van der Waals surface area contributed by atoms with Gasteiger partial charge < -0.3 is 20.1 Å². The number of fused-ring (bicyclic) bond motifs is 1. The van der Waals surface area contributed by atoms with E-state index in [4.69, 9.17) is 26.8 Å². The van der Waals surface area contributed by atoms with Gasteiger partial charge in [0.2, 0.25) is 0 Å². The van der Waals surface area contributed by atoms with Crippen molar-refractivity contribution in [2.75, 3.05) is 26.2 Å². The predicted molar refractivity (Wildman–Crippen MR) is 116 cm³/mol. The molecule has 1 fully saturated rings.